The summed E-state index contributed by atoms with van der Waals surface area (Å²) in [6.07, 6.45) is 12.9. The number of fused-ring (bicyclic) bond motifs is 1. The summed E-state index contributed by atoms with van der Waals surface area (Å²) in [5.41, 5.74) is 3.60. The zero-order valence-corrected chi connectivity index (χ0v) is 28.1. The van der Waals surface area contributed by atoms with Gasteiger partial charge in [-0.1, -0.05) is 60.3 Å². The standard InChI is InChI=1S/C35H54N4O6/c1-22(2)9-7-8-10-25-13-15-29-28(21-33(40)45-6)27(17-18-35(25,29)5)34-24(4)12-11-23(3)19-31(34)37-36-30-16-14-26(38(41)42)20-32(30)39(43)44/h14,16,20,22-25,27-29,34,36H,7-13,15,17-19,21H2,1-6H3/b37-31+/t23?,24-,25+,27?,28?,29?,34?,35-/m1/s1. The van der Waals surface area contributed by atoms with Crippen molar-refractivity contribution in [3.05, 3.63) is 38.4 Å². The molecule has 250 valence electrons. The number of esters is 1. The van der Waals surface area contributed by atoms with Crippen LogP contribution < -0.4 is 5.43 Å². The van der Waals surface area contributed by atoms with Crippen molar-refractivity contribution in [2.75, 3.05) is 12.5 Å². The number of nitrogens with zero attached hydrogens (tertiary/aromatic N) is 3. The van der Waals surface area contributed by atoms with Gasteiger partial charge in [-0.3, -0.25) is 30.4 Å². The molecule has 0 radical (unpaired) electrons. The number of anilines is 1. The molecule has 0 bridgehead atoms. The average Bonchev–Trinajstić information content (AvgIpc) is 3.25. The van der Waals surface area contributed by atoms with E-state index in [1.807, 2.05) is 0 Å². The van der Waals surface area contributed by atoms with Crippen molar-refractivity contribution in [3.8, 4) is 0 Å². The number of non-ortho nitro benzene ring substituents is 1. The van der Waals surface area contributed by atoms with Crippen LogP contribution in [0, 0.1) is 73.0 Å². The second-order valence-electron chi connectivity index (χ2n) is 15.0. The molecule has 45 heavy (non-hydrogen) atoms. The molecule has 4 rings (SSSR count). The summed E-state index contributed by atoms with van der Waals surface area (Å²) in [7, 11) is 1.48. The van der Waals surface area contributed by atoms with Crippen molar-refractivity contribution in [1.29, 1.82) is 0 Å². The summed E-state index contributed by atoms with van der Waals surface area (Å²) < 4.78 is 5.27. The van der Waals surface area contributed by atoms with Crippen molar-refractivity contribution in [1.82, 2.24) is 0 Å². The molecule has 8 atom stereocenters. The number of ether oxygens (including phenoxy) is 1. The molecule has 3 aliphatic carbocycles. The fourth-order valence-electron chi connectivity index (χ4n) is 9.31. The highest BCUT2D eigenvalue weighted by Gasteiger charge is 2.56. The lowest BCUT2D eigenvalue weighted by molar-refractivity contribution is -0.393. The van der Waals surface area contributed by atoms with Crippen LogP contribution in [0.4, 0.5) is 17.1 Å². The fourth-order valence-corrected chi connectivity index (χ4v) is 9.31. The van der Waals surface area contributed by atoms with Crippen LogP contribution in [0.1, 0.15) is 112 Å². The molecule has 3 saturated carbocycles. The topological polar surface area (TPSA) is 137 Å². The predicted molar refractivity (Wildman–Crippen MR) is 177 cm³/mol. The number of hydrogen-bond acceptors (Lipinski definition) is 8. The van der Waals surface area contributed by atoms with Crippen LogP contribution in [-0.2, 0) is 9.53 Å². The van der Waals surface area contributed by atoms with Gasteiger partial charge in [0.1, 0.15) is 5.69 Å². The minimum Gasteiger partial charge on any atom is -0.469 e. The number of hydrazone groups is 1. The highest BCUT2D eigenvalue weighted by Crippen LogP contribution is 2.62. The smallest absolute Gasteiger partial charge is 0.305 e. The summed E-state index contributed by atoms with van der Waals surface area (Å²) >= 11 is 0. The first-order valence-corrected chi connectivity index (χ1v) is 17.2. The number of nitro groups is 2. The molecule has 10 nitrogen and oxygen atoms in total. The molecular formula is C35H54N4O6. The van der Waals surface area contributed by atoms with E-state index >= 15 is 0 Å². The first-order chi connectivity index (χ1) is 21.3. The SMILES string of the molecule is COC(=O)CC1C(C2/C(=N/Nc3ccc([N+](=O)[O-])cc3[N+](=O)[O-])CC(C)CC[C@H]2C)CC[C@@]2(C)C1CC[C@@H]2CCCCC(C)C. The van der Waals surface area contributed by atoms with Gasteiger partial charge >= 0.3 is 11.7 Å². The molecule has 10 heteroatoms. The van der Waals surface area contributed by atoms with Gasteiger partial charge in [0.05, 0.1) is 23.0 Å². The molecule has 3 fully saturated rings. The number of rotatable bonds is 12. The first kappa shape index (κ1) is 34.8. The summed E-state index contributed by atoms with van der Waals surface area (Å²) in [6, 6.07) is 3.61. The minimum absolute atomic E-state index is 0.129. The average molecular weight is 627 g/mol. The molecule has 0 spiro atoms. The van der Waals surface area contributed by atoms with Crippen molar-refractivity contribution >= 4 is 28.7 Å². The summed E-state index contributed by atoms with van der Waals surface area (Å²) in [5, 5.41) is 28.0. The third kappa shape index (κ3) is 8.04. The van der Waals surface area contributed by atoms with E-state index in [-0.39, 0.29) is 46.2 Å². The molecular weight excluding hydrogens is 572 g/mol. The lowest BCUT2D eigenvalue weighted by atomic mass is 9.53. The Labute approximate surface area is 268 Å². The Kier molecular flexibility index (Phi) is 11.6. The summed E-state index contributed by atoms with van der Waals surface area (Å²) in [5.74, 6) is 3.03. The molecule has 0 heterocycles. The van der Waals surface area contributed by atoms with E-state index in [1.165, 1.54) is 51.3 Å². The second kappa shape index (κ2) is 15.0. The van der Waals surface area contributed by atoms with Gasteiger partial charge in [-0.2, -0.15) is 5.10 Å². The maximum atomic E-state index is 13.0. The zero-order valence-electron chi connectivity index (χ0n) is 28.1. The summed E-state index contributed by atoms with van der Waals surface area (Å²) in [4.78, 5) is 34.8. The number of nitro benzene ring substituents is 2. The maximum absolute atomic E-state index is 13.0. The Morgan fingerprint density at radius 1 is 1.09 bits per heavy atom. The Morgan fingerprint density at radius 2 is 1.84 bits per heavy atom. The summed E-state index contributed by atoms with van der Waals surface area (Å²) in [6.45, 7) is 11.6. The molecule has 1 aromatic carbocycles. The third-order valence-corrected chi connectivity index (χ3v) is 11.7. The van der Waals surface area contributed by atoms with E-state index in [9.17, 15) is 25.0 Å². The van der Waals surface area contributed by atoms with Crippen LogP contribution in [0.15, 0.2) is 23.3 Å². The third-order valence-electron chi connectivity index (χ3n) is 11.7. The van der Waals surface area contributed by atoms with Gasteiger partial charge in [0, 0.05) is 24.1 Å². The van der Waals surface area contributed by atoms with E-state index < -0.39 is 9.85 Å². The fraction of sp³-hybridized carbons (Fsp3) is 0.771. The molecule has 0 aromatic heterocycles. The van der Waals surface area contributed by atoms with Gasteiger partial charge < -0.3 is 4.74 Å². The largest absolute Gasteiger partial charge is 0.469 e. The molecule has 0 saturated heterocycles. The van der Waals surface area contributed by atoms with Gasteiger partial charge in [-0.05, 0) is 97.9 Å². The Bertz CT molecular complexity index is 1250. The Balaban J connectivity index is 1.65. The number of carbonyl (C=O) groups excluding carboxylic acids is 1. The number of carbonyl (C=O) groups is 1. The van der Waals surface area contributed by atoms with Gasteiger partial charge in [0.15, 0.2) is 0 Å². The molecule has 3 aliphatic rings. The van der Waals surface area contributed by atoms with Gasteiger partial charge in [0.2, 0.25) is 0 Å². The molecule has 5 unspecified atom stereocenters. The number of hydrogen-bond donors (Lipinski definition) is 1. The van der Waals surface area contributed by atoms with Crippen LogP contribution in [0.2, 0.25) is 0 Å². The van der Waals surface area contributed by atoms with Gasteiger partial charge in [-0.25, -0.2) is 0 Å². The lowest BCUT2D eigenvalue weighted by Gasteiger charge is -2.51. The highest BCUT2D eigenvalue weighted by atomic mass is 16.6. The van der Waals surface area contributed by atoms with E-state index in [1.54, 1.807) is 0 Å². The van der Waals surface area contributed by atoms with E-state index in [2.05, 4.69) is 40.0 Å². The molecule has 0 amide bonds. The van der Waals surface area contributed by atoms with Gasteiger partial charge in [0.25, 0.3) is 5.69 Å². The number of methoxy groups -OCH3 is 1. The van der Waals surface area contributed by atoms with Crippen molar-refractivity contribution < 1.29 is 19.4 Å². The molecule has 0 aliphatic heterocycles. The number of benzene rings is 1. The van der Waals surface area contributed by atoms with Crippen LogP contribution >= 0.6 is 0 Å². The molecule has 1 N–H and O–H groups in total. The monoisotopic (exact) mass is 626 g/mol. The minimum atomic E-state index is -0.634. The zero-order chi connectivity index (χ0) is 32.9. The van der Waals surface area contributed by atoms with Crippen molar-refractivity contribution in [2.45, 2.75) is 112 Å². The van der Waals surface area contributed by atoms with Crippen molar-refractivity contribution in [2.24, 2.45) is 57.9 Å². The van der Waals surface area contributed by atoms with Crippen LogP contribution in [0.5, 0.6) is 0 Å². The Hall–Kier alpha value is -3.04. The van der Waals surface area contributed by atoms with Gasteiger partial charge in [-0.15, -0.1) is 0 Å². The lowest BCUT2D eigenvalue weighted by Crippen LogP contribution is -2.47. The Morgan fingerprint density at radius 3 is 2.51 bits per heavy atom. The predicted octanol–water partition coefficient (Wildman–Crippen LogP) is 9.18. The van der Waals surface area contributed by atoms with E-state index in [4.69, 9.17) is 9.84 Å². The van der Waals surface area contributed by atoms with E-state index in [0.717, 1.165) is 56.2 Å². The first-order valence-electron chi connectivity index (χ1n) is 17.2. The quantitative estimate of drug-likeness (QED) is 0.0802. The highest BCUT2D eigenvalue weighted by molar-refractivity contribution is 5.89. The number of unbranched alkanes of at least 4 members (excludes halogenated alkanes) is 1. The van der Waals surface area contributed by atoms with E-state index in [0.29, 0.717) is 30.1 Å². The maximum Gasteiger partial charge on any atom is 0.305 e. The van der Waals surface area contributed by atoms with Crippen LogP contribution in [0.25, 0.3) is 0 Å². The van der Waals surface area contributed by atoms with Crippen LogP contribution in [0.3, 0.4) is 0 Å². The molecule has 1 aromatic rings. The normalized spacial score (nSPS) is 32.6. The second-order valence-corrected chi connectivity index (χ2v) is 15.0. The number of nitrogens with one attached hydrogen (secondary N) is 1. The van der Waals surface area contributed by atoms with Crippen molar-refractivity contribution in [3.63, 3.8) is 0 Å². The van der Waals surface area contributed by atoms with Crippen LogP contribution in [-0.4, -0.2) is 28.6 Å².